The highest BCUT2D eigenvalue weighted by Crippen LogP contribution is 2.31. The van der Waals surface area contributed by atoms with E-state index in [1.807, 2.05) is 42.5 Å². The average Bonchev–Trinajstić information content (AvgIpc) is 3.09. The molecule has 6 nitrogen and oxygen atoms in total. The molecular formula is C22H26N3O3S+. The zero-order chi connectivity index (χ0) is 20.8. The normalized spacial score (nSPS) is 16.2. The number of hydrogen-bond acceptors (Lipinski definition) is 5. The first kappa shape index (κ1) is 20.8. The van der Waals surface area contributed by atoms with E-state index in [1.54, 1.807) is 14.2 Å². The fourth-order valence-corrected chi connectivity index (χ4v) is 3.91. The molecule has 0 unspecified atom stereocenters. The van der Waals surface area contributed by atoms with Crippen LogP contribution in [0.15, 0.2) is 47.4 Å². The quantitative estimate of drug-likeness (QED) is 0.685. The Morgan fingerprint density at radius 1 is 1.07 bits per heavy atom. The van der Waals surface area contributed by atoms with E-state index in [9.17, 15) is 4.79 Å². The predicted molar refractivity (Wildman–Crippen MR) is 119 cm³/mol. The van der Waals surface area contributed by atoms with Crippen molar-refractivity contribution < 1.29 is 19.3 Å². The maximum atomic E-state index is 12.4. The van der Waals surface area contributed by atoms with Crippen LogP contribution in [0.4, 0.5) is 11.4 Å². The number of amides is 1. The van der Waals surface area contributed by atoms with E-state index >= 15 is 0 Å². The second-order valence-electron chi connectivity index (χ2n) is 6.35. The van der Waals surface area contributed by atoms with Crippen molar-refractivity contribution in [2.75, 3.05) is 32.2 Å². The number of nitrogens with one attached hydrogen (secondary N) is 2. The Hall–Kier alpha value is -2.93. The Balaban J connectivity index is 1.83. The van der Waals surface area contributed by atoms with Crippen molar-refractivity contribution in [3.8, 4) is 11.5 Å². The van der Waals surface area contributed by atoms with Crippen molar-refractivity contribution >= 4 is 40.3 Å². The van der Waals surface area contributed by atoms with Crippen molar-refractivity contribution in [3.05, 3.63) is 52.9 Å². The van der Waals surface area contributed by atoms with Crippen LogP contribution >= 0.6 is 11.8 Å². The van der Waals surface area contributed by atoms with E-state index in [2.05, 4.69) is 35.1 Å². The summed E-state index contributed by atoms with van der Waals surface area (Å²) in [5, 5.41) is 3.54. The van der Waals surface area contributed by atoms with E-state index in [4.69, 9.17) is 9.47 Å². The van der Waals surface area contributed by atoms with Crippen molar-refractivity contribution in [1.29, 1.82) is 0 Å². The van der Waals surface area contributed by atoms with Crippen LogP contribution in [0, 0.1) is 0 Å². The lowest BCUT2D eigenvalue weighted by molar-refractivity contribution is -0.352. The Morgan fingerprint density at radius 2 is 1.79 bits per heavy atom. The summed E-state index contributed by atoms with van der Waals surface area (Å²) < 4.78 is 10.7. The van der Waals surface area contributed by atoms with Crippen LogP contribution in [0.1, 0.15) is 19.4 Å². The van der Waals surface area contributed by atoms with Gasteiger partial charge in [0.1, 0.15) is 22.1 Å². The van der Waals surface area contributed by atoms with Gasteiger partial charge in [-0.25, -0.2) is 9.79 Å². The number of hydrogen-bond donors (Lipinski definition) is 2. The molecule has 1 amide bonds. The number of methoxy groups -OCH3 is 2. The molecule has 1 aliphatic heterocycles. The first-order chi connectivity index (χ1) is 14.1. The van der Waals surface area contributed by atoms with E-state index < -0.39 is 0 Å². The van der Waals surface area contributed by atoms with Gasteiger partial charge >= 0.3 is 11.1 Å². The number of anilines is 1. The number of thioether (sulfide) groups is 1. The van der Waals surface area contributed by atoms with Gasteiger partial charge in [-0.1, -0.05) is 0 Å². The summed E-state index contributed by atoms with van der Waals surface area (Å²) in [6, 6.07) is 13.6. The van der Waals surface area contributed by atoms with Gasteiger partial charge in [0, 0.05) is 42.2 Å². The number of ether oxygens (including phenoxy) is 2. The van der Waals surface area contributed by atoms with Crippen LogP contribution in [0.25, 0.3) is 6.08 Å². The molecule has 29 heavy (non-hydrogen) atoms. The summed E-state index contributed by atoms with van der Waals surface area (Å²) in [4.78, 5) is 18.5. The molecule has 1 heterocycles. The number of carbonyl (C=O) groups is 1. The summed E-state index contributed by atoms with van der Waals surface area (Å²) >= 11 is 1.37. The molecule has 0 aromatic heterocycles. The molecule has 1 fully saturated rings. The Bertz CT molecular complexity index is 935. The summed E-state index contributed by atoms with van der Waals surface area (Å²) in [5.41, 5.74) is 2.84. The lowest BCUT2D eigenvalue weighted by Gasteiger charge is -2.22. The molecule has 0 bridgehead atoms. The third-order valence-corrected chi connectivity index (χ3v) is 5.57. The Morgan fingerprint density at radius 3 is 2.41 bits per heavy atom. The molecule has 2 aromatic rings. The number of benzene rings is 2. The van der Waals surface area contributed by atoms with Gasteiger partial charge in [0.05, 0.1) is 14.2 Å². The van der Waals surface area contributed by atoms with Crippen LogP contribution in [0.3, 0.4) is 0 Å². The molecule has 2 N–H and O–H groups in total. The minimum absolute atomic E-state index is 0.138. The third-order valence-electron chi connectivity index (χ3n) is 4.64. The minimum Gasteiger partial charge on any atom is -0.497 e. The van der Waals surface area contributed by atoms with Gasteiger partial charge in [0.2, 0.25) is 0 Å². The Kier molecular flexibility index (Phi) is 6.82. The maximum Gasteiger partial charge on any atom is 0.346 e. The second kappa shape index (κ2) is 9.52. The number of rotatable bonds is 7. The number of nitrogens with zero attached hydrogens (tertiary/aromatic N) is 1. The van der Waals surface area contributed by atoms with Crippen molar-refractivity contribution in [3.63, 3.8) is 0 Å². The lowest BCUT2D eigenvalue weighted by atomic mass is 10.1. The highest BCUT2D eigenvalue weighted by atomic mass is 32.2. The van der Waals surface area contributed by atoms with Crippen molar-refractivity contribution in [2.24, 2.45) is 0 Å². The van der Waals surface area contributed by atoms with E-state index in [0.717, 1.165) is 41.5 Å². The highest BCUT2D eigenvalue weighted by Gasteiger charge is 2.31. The predicted octanol–water partition coefficient (Wildman–Crippen LogP) is 2.52. The second-order valence-corrected chi connectivity index (χ2v) is 7.40. The van der Waals surface area contributed by atoms with Gasteiger partial charge in [-0.15, -0.1) is 0 Å². The van der Waals surface area contributed by atoms with E-state index in [1.165, 1.54) is 11.8 Å². The molecule has 2 aromatic carbocycles. The monoisotopic (exact) mass is 412 g/mol. The van der Waals surface area contributed by atoms with Crippen LogP contribution < -0.4 is 24.7 Å². The zero-order valence-electron chi connectivity index (χ0n) is 17.1. The van der Waals surface area contributed by atoms with Gasteiger partial charge in [0.15, 0.2) is 0 Å². The number of carbonyl (C=O) groups excluding carboxylic acids is 1. The zero-order valence-corrected chi connectivity index (χ0v) is 17.9. The molecule has 0 saturated carbocycles. The third kappa shape index (κ3) is 4.92. The number of amidine groups is 1. The summed E-state index contributed by atoms with van der Waals surface area (Å²) in [7, 11) is 3.28. The molecule has 1 saturated heterocycles. The van der Waals surface area contributed by atoms with E-state index in [-0.39, 0.29) is 5.91 Å². The summed E-state index contributed by atoms with van der Waals surface area (Å²) in [6.07, 6.45) is 1.85. The van der Waals surface area contributed by atoms with Gasteiger partial charge in [0.25, 0.3) is 0 Å². The fourth-order valence-electron chi connectivity index (χ4n) is 3.05. The van der Waals surface area contributed by atoms with Gasteiger partial charge in [-0.3, -0.25) is 0 Å². The summed E-state index contributed by atoms with van der Waals surface area (Å²) in [6.45, 7) is 6.10. The van der Waals surface area contributed by atoms with E-state index in [0.29, 0.717) is 10.1 Å². The van der Waals surface area contributed by atoms with Gasteiger partial charge < -0.3 is 14.4 Å². The largest absolute Gasteiger partial charge is 0.497 e. The lowest BCUT2D eigenvalue weighted by Crippen LogP contribution is -2.68. The standard InChI is InChI=1S/C22H25N3O3S/c1-5-25(6-2)17-10-7-15(19(14-17)28-4)13-20-21(26)24-22(29-20)23-16-8-11-18(27-3)12-9-16/h7-14H,5-6H2,1-4H3,(H,23,24,26)/p+1/b20-13+. The maximum absolute atomic E-state index is 12.4. The SMILES string of the molecule is CCN(CC)c1ccc(/C=C2/SC(=[NH+]c3ccc(OC)cc3)NC2=O)c(OC)c1. The smallest absolute Gasteiger partial charge is 0.346 e. The van der Waals surface area contributed by atoms with Crippen molar-refractivity contribution in [1.82, 2.24) is 5.32 Å². The van der Waals surface area contributed by atoms with Gasteiger partial charge in [-0.2, -0.15) is 5.32 Å². The minimum atomic E-state index is -0.138. The molecule has 0 atom stereocenters. The fraction of sp³-hybridized carbons (Fsp3) is 0.273. The topological polar surface area (TPSA) is 64.8 Å². The molecule has 0 aliphatic carbocycles. The molecule has 0 radical (unpaired) electrons. The molecule has 7 heteroatoms. The van der Waals surface area contributed by atoms with Crippen LogP contribution in [-0.2, 0) is 4.79 Å². The van der Waals surface area contributed by atoms with Crippen molar-refractivity contribution in [2.45, 2.75) is 13.8 Å². The molecule has 0 spiro atoms. The van der Waals surface area contributed by atoms with Gasteiger partial charge in [-0.05, 0) is 56.3 Å². The summed E-state index contributed by atoms with van der Waals surface area (Å²) in [5.74, 6) is 1.39. The molecule has 3 rings (SSSR count). The van der Waals surface area contributed by atoms with Crippen LogP contribution in [-0.4, -0.2) is 38.4 Å². The first-order valence-electron chi connectivity index (χ1n) is 9.49. The van der Waals surface area contributed by atoms with Crippen LogP contribution in [0.2, 0.25) is 0 Å². The molecule has 1 aliphatic rings. The first-order valence-corrected chi connectivity index (χ1v) is 10.3. The molecular weight excluding hydrogens is 386 g/mol. The average molecular weight is 413 g/mol. The highest BCUT2D eigenvalue weighted by molar-refractivity contribution is 8.18. The molecule has 152 valence electrons. The van der Waals surface area contributed by atoms with Crippen LogP contribution in [0.5, 0.6) is 11.5 Å². The Labute approximate surface area is 175 Å².